The standard InChI is InChI=1S/C20H29N3O/c1-3-4-5-12-24-19-10-8-17(9-11-19)20(16-6-7-16)21-13-18-14-23(2)15-22-18/h8-11,14-16,20-21H,3-7,12-13H2,1-2H3. The van der Waals surface area contributed by atoms with Gasteiger partial charge in [-0.05, 0) is 42.9 Å². The third-order valence-corrected chi connectivity index (χ3v) is 4.61. The molecule has 130 valence electrons. The molecule has 3 rings (SSSR count). The Balaban J connectivity index is 1.55. The summed E-state index contributed by atoms with van der Waals surface area (Å²) in [7, 11) is 2.01. The highest BCUT2D eigenvalue weighted by molar-refractivity contribution is 5.30. The molecule has 1 fully saturated rings. The van der Waals surface area contributed by atoms with E-state index < -0.39 is 0 Å². The van der Waals surface area contributed by atoms with Crippen molar-refractivity contribution in [1.82, 2.24) is 14.9 Å². The Morgan fingerprint density at radius 1 is 1.25 bits per heavy atom. The third-order valence-electron chi connectivity index (χ3n) is 4.61. The van der Waals surface area contributed by atoms with Gasteiger partial charge in [0.15, 0.2) is 0 Å². The van der Waals surface area contributed by atoms with Crippen LogP contribution >= 0.6 is 0 Å². The van der Waals surface area contributed by atoms with E-state index >= 15 is 0 Å². The van der Waals surface area contributed by atoms with Crippen LogP contribution in [0.1, 0.15) is 56.3 Å². The summed E-state index contributed by atoms with van der Waals surface area (Å²) < 4.78 is 7.81. The molecule has 0 bridgehead atoms. The van der Waals surface area contributed by atoms with Crippen molar-refractivity contribution in [2.24, 2.45) is 13.0 Å². The topological polar surface area (TPSA) is 39.1 Å². The van der Waals surface area contributed by atoms with Crippen LogP contribution in [0.3, 0.4) is 0 Å². The van der Waals surface area contributed by atoms with E-state index in [0.29, 0.717) is 6.04 Å². The maximum Gasteiger partial charge on any atom is 0.119 e. The van der Waals surface area contributed by atoms with Crippen LogP contribution in [0.2, 0.25) is 0 Å². The number of imidazole rings is 1. The van der Waals surface area contributed by atoms with Crippen molar-refractivity contribution >= 4 is 0 Å². The van der Waals surface area contributed by atoms with E-state index in [0.717, 1.165) is 36.9 Å². The summed E-state index contributed by atoms with van der Waals surface area (Å²) in [4.78, 5) is 4.40. The van der Waals surface area contributed by atoms with Crippen molar-refractivity contribution in [3.8, 4) is 5.75 Å². The molecule has 1 N–H and O–H groups in total. The predicted molar refractivity (Wildman–Crippen MR) is 97.0 cm³/mol. The lowest BCUT2D eigenvalue weighted by molar-refractivity contribution is 0.306. The number of aromatic nitrogens is 2. The highest BCUT2D eigenvalue weighted by Crippen LogP contribution is 2.41. The second-order valence-electron chi connectivity index (χ2n) is 6.85. The van der Waals surface area contributed by atoms with Crippen LogP contribution in [0.25, 0.3) is 0 Å². The molecule has 0 saturated heterocycles. The van der Waals surface area contributed by atoms with Gasteiger partial charge in [0.1, 0.15) is 5.75 Å². The quantitative estimate of drug-likeness (QED) is 0.664. The van der Waals surface area contributed by atoms with Crippen LogP contribution < -0.4 is 10.1 Å². The van der Waals surface area contributed by atoms with Crippen molar-refractivity contribution in [1.29, 1.82) is 0 Å². The molecular formula is C20H29N3O. The van der Waals surface area contributed by atoms with Gasteiger partial charge in [-0.2, -0.15) is 0 Å². The zero-order chi connectivity index (χ0) is 16.8. The van der Waals surface area contributed by atoms with Crippen LogP contribution in [0.4, 0.5) is 0 Å². The van der Waals surface area contributed by atoms with Crippen LogP contribution in [0.5, 0.6) is 5.75 Å². The number of nitrogens with one attached hydrogen (secondary N) is 1. The Bertz CT molecular complexity index is 616. The fourth-order valence-corrected chi connectivity index (χ4v) is 3.07. The Morgan fingerprint density at radius 2 is 2.04 bits per heavy atom. The summed E-state index contributed by atoms with van der Waals surface area (Å²) in [6, 6.07) is 9.06. The molecule has 1 aromatic carbocycles. The second kappa shape index (κ2) is 8.34. The fourth-order valence-electron chi connectivity index (χ4n) is 3.07. The molecule has 1 aliphatic rings. The summed E-state index contributed by atoms with van der Waals surface area (Å²) in [5.41, 5.74) is 2.45. The molecule has 0 amide bonds. The molecule has 1 saturated carbocycles. The highest BCUT2D eigenvalue weighted by atomic mass is 16.5. The third kappa shape index (κ3) is 4.84. The van der Waals surface area contributed by atoms with Gasteiger partial charge in [0.25, 0.3) is 0 Å². The van der Waals surface area contributed by atoms with Crippen LogP contribution in [-0.4, -0.2) is 16.2 Å². The number of unbranched alkanes of at least 4 members (excludes halogenated alkanes) is 2. The number of hydrogen-bond donors (Lipinski definition) is 1. The Morgan fingerprint density at radius 3 is 2.67 bits per heavy atom. The van der Waals surface area contributed by atoms with Gasteiger partial charge >= 0.3 is 0 Å². The first-order valence-corrected chi connectivity index (χ1v) is 9.19. The minimum Gasteiger partial charge on any atom is -0.494 e. The lowest BCUT2D eigenvalue weighted by atomic mass is 10.0. The zero-order valence-electron chi connectivity index (χ0n) is 14.9. The summed E-state index contributed by atoms with van der Waals surface area (Å²) >= 11 is 0. The summed E-state index contributed by atoms with van der Waals surface area (Å²) in [6.45, 7) is 3.85. The predicted octanol–water partition coefficient (Wildman–Crippen LogP) is 4.23. The lowest BCUT2D eigenvalue weighted by Crippen LogP contribution is -2.22. The Kier molecular flexibility index (Phi) is 5.91. The molecule has 1 atom stereocenters. The van der Waals surface area contributed by atoms with Crippen molar-refractivity contribution in [3.05, 3.63) is 48.0 Å². The first-order valence-electron chi connectivity index (χ1n) is 9.19. The molecule has 0 aliphatic heterocycles. The molecule has 1 heterocycles. The van der Waals surface area contributed by atoms with Gasteiger partial charge in [-0.1, -0.05) is 31.9 Å². The van der Waals surface area contributed by atoms with E-state index in [2.05, 4.69) is 47.7 Å². The molecule has 1 unspecified atom stereocenters. The smallest absolute Gasteiger partial charge is 0.119 e. The van der Waals surface area contributed by atoms with E-state index in [4.69, 9.17) is 4.74 Å². The van der Waals surface area contributed by atoms with E-state index in [-0.39, 0.29) is 0 Å². The molecule has 2 aromatic rings. The van der Waals surface area contributed by atoms with Gasteiger partial charge in [0.2, 0.25) is 0 Å². The summed E-state index contributed by atoms with van der Waals surface area (Å²) in [6.07, 6.45) is 10.2. The molecule has 4 heteroatoms. The molecule has 24 heavy (non-hydrogen) atoms. The van der Waals surface area contributed by atoms with E-state index in [1.807, 2.05) is 17.9 Å². The van der Waals surface area contributed by atoms with Gasteiger partial charge in [-0.15, -0.1) is 0 Å². The Hall–Kier alpha value is -1.81. The molecule has 1 aliphatic carbocycles. The van der Waals surface area contributed by atoms with Crippen LogP contribution in [0, 0.1) is 5.92 Å². The van der Waals surface area contributed by atoms with Crippen molar-refractivity contribution in [3.63, 3.8) is 0 Å². The fraction of sp³-hybridized carbons (Fsp3) is 0.550. The van der Waals surface area contributed by atoms with E-state index in [9.17, 15) is 0 Å². The Labute approximate surface area is 145 Å². The molecular weight excluding hydrogens is 298 g/mol. The van der Waals surface area contributed by atoms with Crippen LogP contribution in [-0.2, 0) is 13.6 Å². The first kappa shape index (κ1) is 17.0. The zero-order valence-corrected chi connectivity index (χ0v) is 14.9. The number of hydrogen-bond acceptors (Lipinski definition) is 3. The van der Waals surface area contributed by atoms with Crippen molar-refractivity contribution in [2.75, 3.05) is 6.61 Å². The van der Waals surface area contributed by atoms with Gasteiger partial charge in [-0.25, -0.2) is 4.98 Å². The summed E-state index contributed by atoms with van der Waals surface area (Å²) in [5.74, 6) is 1.74. The minimum absolute atomic E-state index is 0.418. The number of nitrogens with zero attached hydrogens (tertiary/aromatic N) is 2. The molecule has 4 nitrogen and oxygen atoms in total. The molecule has 0 radical (unpaired) electrons. The molecule has 0 spiro atoms. The average Bonchev–Trinajstić information content (AvgIpc) is 3.35. The maximum absolute atomic E-state index is 5.82. The minimum atomic E-state index is 0.418. The second-order valence-corrected chi connectivity index (χ2v) is 6.85. The van der Waals surface area contributed by atoms with Gasteiger partial charge in [0, 0.05) is 25.8 Å². The number of rotatable bonds is 10. The van der Waals surface area contributed by atoms with Gasteiger partial charge < -0.3 is 14.6 Å². The van der Waals surface area contributed by atoms with Crippen molar-refractivity contribution in [2.45, 2.75) is 51.6 Å². The lowest BCUT2D eigenvalue weighted by Gasteiger charge is -2.19. The molecule has 1 aromatic heterocycles. The highest BCUT2D eigenvalue weighted by Gasteiger charge is 2.32. The maximum atomic E-state index is 5.82. The normalized spacial score (nSPS) is 15.4. The van der Waals surface area contributed by atoms with Crippen molar-refractivity contribution < 1.29 is 4.74 Å². The number of ether oxygens (including phenoxy) is 1. The number of aryl methyl sites for hydroxylation is 1. The van der Waals surface area contributed by atoms with Gasteiger partial charge in [-0.3, -0.25) is 0 Å². The van der Waals surface area contributed by atoms with Gasteiger partial charge in [0.05, 0.1) is 18.6 Å². The average molecular weight is 327 g/mol. The first-order chi connectivity index (χ1) is 11.8. The van der Waals surface area contributed by atoms with E-state index in [1.165, 1.54) is 31.2 Å². The SMILES string of the molecule is CCCCCOc1ccc(C(NCc2cn(C)cn2)C2CC2)cc1. The monoisotopic (exact) mass is 327 g/mol. The van der Waals surface area contributed by atoms with Crippen LogP contribution in [0.15, 0.2) is 36.8 Å². The van der Waals surface area contributed by atoms with E-state index in [1.54, 1.807) is 0 Å². The largest absolute Gasteiger partial charge is 0.494 e. The summed E-state index contributed by atoms with van der Waals surface area (Å²) in [5, 5.41) is 3.69. The number of benzene rings is 1.